The first-order valence-electron chi connectivity index (χ1n) is 6.06. The standard InChI is InChI=1S/C12H19BrN2O2/c1-4-15-11(10(13)7-14-15)12(16)5-8(2)17-9(3)6-12/h7-9,16H,4-6H2,1-3H3. The highest BCUT2D eigenvalue weighted by molar-refractivity contribution is 9.10. The van der Waals surface area contributed by atoms with Gasteiger partial charge in [-0.15, -0.1) is 0 Å². The molecule has 96 valence electrons. The predicted molar refractivity (Wildman–Crippen MR) is 68.7 cm³/mol. The average Bonchev–Trinajstić information content (AvgIpc) is 2.57. The molecule has 0 aliphatic carbocycles. The third-order valence-electron chi connectivity index (χ3n) is 3.25. The summed E-state index contributed by atoms with van der Waals surface area (Å²) < 4.78 is 8.42. The Morgan fingerprint density at radius 2 is 2.12 bits per heavy atom. The molecule has 17 heavy (non-hydrogen) atoms. The molecule has 4 nitrogen and oxygen atoms in total. The molecule has 0 amide bonds. The first-order valence-corrected chi connectivity index (χ1v) is 6.85. The minimum atomic E-state index is -0.845. The van der Waals surface area contributed by atoms with Crippen molar-refractivity contribution in [1.82, 2.24) is 9.78 Å². The lowest BCUT2D eigenvalue weighted by molar-refractivity contribution is -0.139. The van der Waals surface area contributed by atoms with E-state index >= 15 is 0 Å². The Kier molecular flexibility index (Phi) is 3.61. The fourth-order valence-corrected chi connectivity index (χ4v) is 3.45. The van der Waals surface area contributed by atoms with Crippen molar-refractivity contribution in [3.8, 4) is 0 Å². The van der Waals surface area contributed by atoms with Crippen LogP contribution in [0.3, 0.4) is 0 Å². The van der Waals surface area contributed by atoms with Crippen molar-refractivity contribution in [2.24, 2.45) is 0 Å². The number of hydrogen-bond donors (Lipinski definition) is 1. The molecule has 1 aromatic rings. The molecule has 1 aromatic heterocycles. The Hall–Kier alpha value is -0.390. The second-order valence-corrected chi connectivity index (χ2v) is 5.71. The van der Waals surface area contributed by atoms with Gasteiger partial charge in [-0.3, -0.25) is 4.68 Å². The van der Waals surface area contributed by atoms with E-state index in [1.54, 1.807) is 6.20 Å². The van der Waals surface area contributed by atoms with Crippen LogP contribution in [-0.2, 0) is 16.9 Å². The molecule has 5 heteroatoms. The van der Waals surface area contributed by atoms with Gasteiger partial charge in [-0.25, -0.2) is 0 Å². The van der Waals surface area contributed by atoms with Gasteiger partial charge in [0.25, 0.3) is 0 Å². The number of aromatic nitrogens is 2. The number of nitrogens with zero attached hydrogens (tertiary/aromatic N) is 2. The van der Waals surface area contributed by atoms with Crippen molar-refractivity contribution >= 4 is 15.9 Å². The zero-order chi connectivity index (χ0) is 12.6. The Labute approximate surface area is 110 Å². The lowest BCUT2D eigenvalue weighted by Crippen LogP contribution is -2.42. The van der Waals surface area contributed by atoms with E-state index in [1.165, 1.54) is 0 Å². The maximum atomic E-state index is 10.9. The number of aliphatic hydroxyl groups is 1. The van der Waals surface area contributed by atoms with Gasteiger partial charge < -0.3 is 9.84 Å². The Morgan fingerprint density at radius 3 is 2.65 bits per heavy atom. The van der Waals surface area contributed by atoms with Crippen LogP contribution in [0.5, 0.6) is 0 Å². The second-order valence-electron chi connectivity index (χ2n) is 4.85. The van der Waals surface area contributed by atoms with Crippen molar-refractivity contribution in [2.45, 2.75) is 58.0 Å². The van der Waals surface area contributed by atoms with Crippen molar-refractivity contribution < 1.29 is 9.84 Å². The number of hydrogen-bond acceptors (Lipinski definition) is 3. The summed E-state index contributed by atoms with van der Waals surface area (Å²) in [6, 6.07) is 0. The van der Waals surface area contributed by atoms with Crippen LogP contribution in [0.2, 0.25) is 0 Å². The van der Waals surface area contributed by atoms with Gasteiger partial charge in [0.1, 0.15) is 5.60 Å². The van der Waals surface area contributed by atoms with Crippen LogP contribution in [0.1, 0.15) is 39.3 Å². The molecule has 2 heterocycles. The fraction of sp³-hybridized carbons (Fsp3) is 0.750. The molecular formula is C12H19BrN2O2. The molecular weight excluding hydrogens is 284 g/mol. The Balaban J connectivity index is 2.39. The van der Waals surface area contributed by atoms with Gasteiger partial charge in [-0.2, -0.15) is 5.10 Å². The summed E-state index contributed by atoms with van der Waals surface area (Å²) in [4.78, 5) is 0. The highest BCUT2D eigenvalue weighted by atomic mass is 79.9. The molecule has 0 spiro atoms. The molecule has 1 aliphatic heterocycles. The molecule has 0 saturated carbocycles. The normalized spacial score (nSPS) is 33.9. The van der Waals surface area contributed by atoms with Gasteiger partial charge in [0.2, 0.25) is 0 Å². The SMILES string of the molecule is CCn1ncc(Br)c1C1(O)CC(C)OC(C)C1. The van der Waals surface area contributed by atoms with Crippen molar-refractivity contribution in [2.75, 3.05) is 0 Å². The number of halogens is 1. The number of aryl methyl sites for hydroxylation is 1. The van der Waals surface area contributed by atoms with E-state index in [0.717, 1.165) is 16.7 Å². The van der Waals surface area contributed by atoms with E-state index in [2.05, 4.69) is 21.0 Å². The molecule has 0 radical (unpaired) electrons. The summed E-state index contributed by atoms with van der Waals surface area (Å²) in [7, 11) is 0. The Morgan fingerprint density at radius 1 is 1.53 bits per heavy atom. The quantitative estimate of drug-likeness (QED) is 0.913. The van der Waals surface area contributed by atoms with Gasteiger partial charge in [0, 0.05) is 19.4 Å². The van der Waals surface area contributed by atoms with Crippen molar-refractivity contribution in [3.63, 3.8) is 0 Å². The summed E-state index contributed by atoms with van der Waals surface area (Å²) in [6.45, 7) is 6.79. The van der Waals surface area contributed by atoms with Gasteiger partial charge in [0.05, 0.1) is 28.6 Å². The van der Waals surface area contributed by atoms with Crippen molar-refractivity contribution in [1.29, 1.82) is 0 Å². The largest absolute Gasteiger partial charge is 0.383 e. The molecule has 1 aliphatic rings. The summed E-state index contributed by atoms with van der Waals surface area (Å²) in [5, 5.41) is 15.2. The van der Waals surface area contributed by atoms with E-state index in [0.29, 0.717) is 12.8 Å². The summed E-state index contributed by atoms with van der Waals surface area (Å²) in [5.41, 5.74) is 0.0320. The molecule has 0 aromatic carbocycles. The lowest BCUT2D eigenvalue weighted by atomic mass is 9.85. The maximum absolute atomic E-state index is 10.9. The molecule has 0 bridgehead atoms. The van der Waals surface area contributed by atoms with Gasteiger partial charge >= 0.3 is 0 Å². The van der Waals surface area contributed by atoms with E-state index in [1.807, 2.05) is 25.5 Å². The van der Waals surface area contributed by atoms with Crippen LogP contribution < -0.4 is 0 Å². The third kappa shape index (κ3) is 2.41. The van der Waals surface area contributed by atoms with Crippen LogP contribution in [0.15, 0.2) is 10.7 Å². The lowest BCUT2D eigenvalue weighted by Gasteiger charge is -2.39. The van der Waals surface area contributed by atoms with E-state index in [9.17, 15) is 5.11 Å². The molecule has 2 atom stereocenters. The van der Waals surface area contributed by atoms with Gasteiger partial charge in [-0.1, -0.05) is 0 Å². The second kappa shape index (κ2) is 4.71. The minimum absolute atomic E-state index is 0.0656. The van der Waals surface area contributed by atoms with Crippen LogP contribution in [0, 0.1) is 0 Å². The van der Waals surface area contributed by atoms with Gasteiger partial charge in [0.15, 0.2) is 0 Å². The van der Waals surface area contributed by atoms with E-state index in [-0.39, 0.29) is 12.2 Å². The smallest absolute Gasteiger partial charge is 0.112 e. The zero-order valence-electron chi connectivity index (χ0n) is 10.5. The zero-order valence-corrected chi connectivity index (χ0v) is 12.1. The highest BCUT2D eigenvalue weighted by Crippen LogP contribution is 2.40. The van der Waals surface area contributed by atoms with Crippen LogP contribution in [0.4, 0.5) is 0 Å². The summed E-state index contributed by atoms with van der Waals surface area (Å²) >= 11 is 3.48. The van der Waals surface area contributed by atoms with Gasteiger partial charge in [-0.05, 0) is 36.7 Å². The molecule has 2 unspecified atom stereocenters. The van der Waals surface area contributed by atoms with Crippen LogP contribution in [0.25, 0.3) is 0 Å². The first kappa shape index (κ1) is 13.1. The van der Waals surface area contributed by atoms with Crippen LogP contribution >= 0.6 is 15.9 Å². The number of ether oxygens (including phenoxy) is 1. The summed E-state index contributed by atoms with van der Waals surface area (Å²) in [5.74, 6) is 0. The van der Waals surface area contributed by atoms with Crippen LogP contribution in [-0.4, -0.2) is 27.1 Å². The molecule has 1 saturated heterocycles. The first-order chi connectivity index (χ1) is 7.96. The number of rotatable bonds is 2. The van der Waals surface area contributed by atoms with E-state index in [4.69, 9.17) is 4.74 Å². The topological polar surface area (TPSA) is 47.3 Å². The Bertz CT molecular complexity index is 395. The summed E-state index contributed by atoms with van der Waals surface area (Å²) in [6.07, 6.45) is 3.11. The predicted octanol–water partition coefficient (Wildman–Crippen LogP) is 2.44. The highest BCUT2D eigenvalue weighted by Gasteiger charge is 2.41. The van der Waals surface area contributed by atoms with E-state index < -0.39 is 5.60 Å². The average molecular weight is 303 g/mol. The molecule has 2 rings (SSSR count). The maximum Gasteiger partial charge on any atom is 0.112 e. The molecule has 1 fully saturated rings. The molecule has 1 N–H and O–H groups in total. The van der Waals surface area contributed by atoms with Crippen molar-refractivity contribution in [3.05, 3.63) is 16.4 Å². The minimum Gasteiger partial charge on any atom is -0.383 e. The monoisotopic (exact) mass is 302 g/mol. The third-order valence-corrected chi connectivity index (χ3v) is 3.83. The fourth-order valence-electron chi connectivity index (χ4n) is 2.79.